The van der Waals surface area contributed by atoms with Crippen LogP contribution in [-0.2, 0) is 0 Å². The largest absolute Gasteiger partial charge is 0.397 e. The normalized spacial score (nSPS) is 10.9. The number of pyridine rings is 1. The van der Waals surface area contributed by atoms with E-state index in [-0.39, 0.29) is 0 Å². The first-order valence-corrected chi connectivity index (χ1v) is 5.21. The lowest BCUT2D eigenvalue weighted by atomic mass is 10.1. The minimum atomic E-state index is 0.563. The molecule has 0 aliphatic carbocycles. The van der Waals surface area contributed by atoms with Crippen LogP contribution in [0.1, 0.15) is 16.8 Å². The molecule has 0 saturated carbocycles. The van der Waals surface area contributed by atoms with Gasteiger partial charge in [-0.25, -0.2) is 0 Å². The van der Waals surface area contributed by atoms with Gasteiger partial charge < -0.3 is 5.73 Å². The highest BCUT2D eigenvalue weighted by Crippen LogP contribution is 2.31. The monoisotopic (exact) mass is 220 g/mol. The Kier molecular flexibility index (Phi) is 2.31. The molecule has 0 radical (unpaired) electrons. The third kappa shape index (κ3) is 1.55. The van der Waals surface area contributed by atoms with E-state index in [1.54, 1.807) is 0 Å². The fourth-order valence-corrected chi connectivity index (χ4v) is 1.99. The molecule has 0 bridgehead atoms. The second kappa shape index (κ2) is 3.38. The molecule has 0 aliphatic rings. The summed E-state index contributed by atoms with van der Waals surface area (Å²) in [5, 5.41) is 1.51. The van der Waals surface area contributed by atoms with Crippen molar-refractivity contribution in [1.29, 1.82) is 0 Å². The molecule has 2 rings (SSSR count). The van der Waals surface area contributed by atoms with E-state index in [0.29, 0.717) is 10.7 Å². The minimum Gasteiger partial charge on any atom is -0.397 e. The lowest BCUT2D eigenvalue weighted by Gasteiger charge is -2.09. The Labute approximate surface area is 94.1 Å². The van der Waals surface area contributed by atoms with E-state index < -0.39 is 0 Å². The number of aromatic nitrogens is 1. The van der Waals surface area contributed by atoms with Crippen LogP contribution in [-0.4, -0.2) is 4.98 Å². The quantitative estimate of drug-likeness (QED) is 0.739. The van der Waals surface area contributed by atoms with E-state index in [9.17, 15) is 0 Å². The van der Waals surface area contributed by atoms with Gasteiger partial charge >= 0.3 is 0 Å². The van der Waals surface area contributed by atoms with Gasteiger partial charge in [-0.05, 0) is 32.4 Å². The van der Waals surface area contributed by atoms with E-state index in [0.717, 1.165) is 22.2 Å². The van der Waals surface area contributed by atoms with Gasteiger partial charge in [0.15, 0.2) is 0 Å². The second-order valence-corrected chi connectivity index (χ2v) is 4.28. The first kappa shape index (κ1) is 10.2. The van der Waals surface area contributed by atoms with Gasteiger partial charge in [-0.1, -0.05) is 23.2 Å². The zero-order chi connectivity index (χ0) is 11.2. The van der Waals surface area contributed by atoms with Crippen LogP contribution >= 0.6 is 11.6 Å². The molecule has 0 saturated heterocycles. The molecule has 2 aromatic rings. The standard InChI is InChI=1S/C12H13ClN2/c1-6-4-7(2)12-9(5-6)11(14)10(13)8(3)15-12/h4-5H,1-3H3,(H2,14,15). The fraction of sp³-hybridized carbons (Fsp3) is 0.250. The van der Waals surface area contributed by atoms with Crippen LogP contribution < -0.4 is 5.73 Å². The molecule has 15 heavy (non-hydrogen) atoms. The van der Waals surface area contributed by atoms with Gasteiger partial charge in [0.25, 0.3) is 0 Å². The third-order valence-electron chi connectivity index (χ3n) is 2.57. The summed E-state index contributed by atoms with van der Waals surface area (Å²) < 4.78 is 0. The number of aryl methyl sites for hydroxylation is 3. The SMILES string of the molecule is Cc1cc(C)c2nc(C)c(Cl)c(N)c2c1. The maximum Gasteiger partial charge on any atom is 0.0854 e. The molecule has 0 spiro atoms. The topological polar surface area (TPSA) is 38.9 Å². The van der Waals surface area contributed by atoms with Gasteiger partial charge in [0.2, 0.25) is 0 Å². The average molecular weight is 221 g/mol. The van der Waals surface area contributed by atoms with Crippen LogP contribution in [0.25, 0.3) is 10.9 Å². The first-order chi connectivity index (χ1) is 7.00. The lowest BCUT2D eigenvalue weighted by Crippen LogP contribution is -1.96. The number of rotatable bonds is 0. The van der Waals surface area contributed by atoms with Crippen molar-refractivity contribution >= 4 is 28.2 Å². The van der Waals surface area contributed by atoms with Crippen LogP contribution in [0.4, 0.5) is 5.69 Å². The number of hydrogen-bond donors (Lipinski definition) is 1. The van der Waals surface area contributed by atoms with E-state index in [2.05, 4.69) is 11.1 Å². The molecular weight excluding hydrogens is 208 g/mol. The van der Waals surface area contributed by atoms with Crippen molar-refractivity contribution in [1.82, 2.24) is 4.98 Å². The average Bonchev–Trinajstić information content (AvgIpc) is 2.17. The summed E-state index contributed by atoms with van der Waals surface area (Å²) in [6, 6.07) is 4.12. The highest BCUT2D eigenvalue weighted by Gasteiger charge is 2.09. The number of nitrogen functional groups attached to an aromatic ring is 1. The Morgan fingerprint density at radius 1 is 1.20 bits per heavy atom. The zero-order valence-electron chi connectivity index (χ0n) is 9.06. The molecule has 2 nitrogen and oxygen atoms in total. The summed E-state index contributed by atoms with van der Waals surface area (Å²) in [7, 11) is 0. The number of anilines is 1. The zero-order valence-corrected chi connectivity index (χ0v) is 9.81. The summed E-state index contributed by atoms with van der Waals surface area (Å²) in [6.07, 6.45) is 0. The molecule has 78 valence electrons. The number of fused-ring (bicyclic) bond motifs is 1. The molecule has 3 heteroatoms. The van der Waals surface area contributed by atoms with Crippen LogP contribution in [0.2, 0.25) is 5.02 Å². The van der Waals surface area contributed by atoms with E-state index in [4.69, 9.17) is 17.3 Å². The lowest BCUT2D eigenvalue weighted by molar-refractivity contribution is 1.24. The molecule has 2 N–H and O–H groups in total. The molecule has 0 fully saturated rings. The van der Waals surface area contributed by atoms with Crippen molar-refractivity contribution in [3.05, 3.63) is 34.0 Å². The molecule has 1 heterocycles. The van der Waals surface area contributed by atoms with Crippen LogP contribution in [0.5, 0.6) is 0 Å². The van der Waals surface area contributed by atoms with Crippen molar-refractivity contribution in [2.24, 2.45) is 0 Å². The maximum atomic E-state index is 6.07. The predicted octanol–water partition coefficient (Wildman–Crippen LogP) is 3.40. The number of nitrogens with zero attached hydrogens (tertiary/aromatic N) is 1. The van der Waals surface area contributed by atoms with Gasteiger partial charge in [-0.2, -0.15) is 0 Å². The Morgan fingerprint density at radius 2 is 1.87 bits per heavy atom. The summed E-state index contributed by atoms with van der Waals surface area (Å²) in [4.78, 5) is 4.46. The molecule has 1 aromatic carbocycles. The summed E-state index contributed by atoms with van der Waals surface area (Å²) in [5.41, 5.74) is 10.7. The van der Waals surface area contributed by atoms with Crippen LogP contribution in [0.15, 0.2) is 12.1 Å². The number of hydrogen-bond acceptors (Lipinski definition) is 2. The van der Waals surface area contributed by atoms with Crippen molar-refractivity contribution in [3.8, 4) is 0 Å². The molecule has 0 unspecified atom stereocenters. The second-order valence-electron chi connectivity index (χ2n) is 3.90. The summed E-state index contributed by atoms with van der Waals surface area (Å²) in [5.74, 6) is 0. The fourth-order valence-electron chi connectivity index (χ4n) is 1.84. The maximum absolute atomic E-state index is 6.07. The Morgan fingerprint density at radius 3 is 2.53 bits per heavy atom. The highest BCUT2D eigenvalue weighted by molar-refractivity contribution is 6.35. The third-order valence-corrected chi connectivity index (χ3v) is 3.05. The molecule has 1 aromatic heterocycles. The van der Waals surface area contributed by atoms with Crippen LogP contribution in [0.3, 0.4) is 0 Å². The van der Waals surface area contributed by atoms with Crippen molar-refractivity contribution in [2.75, 3.05) is 5.73 Å². The number of benzene rings is 1. The Hall–Kier alpha value is -1.28. The van der Waals surface area contributed by atoms with Crippen LogP contribution in [0, 0.1) is 20.8 Å². The van der Waals surface area contributed by atoms with Gasteiger partial charge in [0.05, 0.1) is 21.9 Å². The van der Waals surface area contributed by atoms with Gasteiger partial charge in [0.1, 0.15) is 0 Å². The number of nitrogens with two attached hydrogens (primary N) is 1. The smallest absolute Gasteiger partial charge is 0.0854 e. The Balaban J connectivity index is 2.98. The predicted molar refractivity (Wildman–Crippen MR) is 65.4 cm³/mol. The first-order valence-electron chi connectivity index (χ1n) is 4.83. The molecular formula is C12H13ClN2. The minimum absolute atomic E-state index is 0.563. The summed E-state index contributed by atoms with van der Waals surface area (Å²) >= 11 is 6.07. The highest BCUT2D eigenvalue weighted by atomic mass is 35.5. The number of halogens is 1. The molecule has 0 amide bonds. The van der Waals surface area contributed by atoms with Crippen molar-refractivity contribution in [2.45, 2.75) is 20.8 Å². The molecule has 0 atom stereocenters. The van der Waals surface area contributed by atoms with E-state index in [1.807, 2.05) is 26.8 Å². The molecule has 0 aliphatic heterocycles. The van der Waals surface area contributed by atoms with Gasteiger partial charge in [-0.15, -0.1) is 0 Å². The van der Waals surface area contributed by atoms with Gasteiger partial charge in [-0.3, -0.25) is 4.98 Å². The van der Waals surface area contributed by atoms with Crippen molar-refractivity contribution in [3.63, 3.8) is 0 Å². The van der Waals surface area contributed by atoms with Gasteiger partial charge in [0, 0.05) is 5.39 Å². The summed E-state index contributed by atoms with van der Waals surface area (Å²) in [6.45, 7) is 5.95. The van der Waals surface area contributed by atoms with E-state index in [1.165, 1.54) is 5.56 Å². The van der Waals surface area contributed by atoms with Crippen molar-refractivity contribution < 1.29 is 0 Å². The Bertz CT molecular complexity index is 547. The van der Waals surface area contributed by atoms with E-state index >= 15 is 0 Å².